The minimum absolute atomic E-state index is 0.269. The highest BCUT2D eigenvalue weighted by Crippen LogP contribution is 2.51. The molecule has 4 heteroatoms. The van der Waals surface area contributed by atoms with Crippen LogP contribution in [0.5, 0.6) is 0 Å². The Morgan fingerprint density at radius 1 is 1.21 bits per heavy atom. The van der Waals surface area contributed by atoms with Gasteiger partial charge >= 0.3 is 5.97 Å². The van der Waals surface area contributed by atoms with Crippen molar-refractivity contribution in [2.24, 2.45) is 10.9 Å². The minimum Gasteiger partial charge on any atom is -0.465 e. The number of esters is 1. The first kappa shape index (κ1) is 19.9. The maximum atomic E-state index is 12.2. The number of carbonyl (C=O) groups excluding carboxylic acids is 1. The molecule has 1 aromatic carbocycles. The van der Waals surface area contributed by atoms with E-state index in [1.54, 1.807) is 0 Å². The second kappa shape index (κ2) is 8.56. The summed E-state index contributed by atoms with van der Waals surface area (Å²) < 4.78 is 4.99. The van der Waals surface area contributed by atoms with E-state index in [-0.39, 0.29) is 12.0 Å². The van der Waals surface area contributed by atoms with E-state index in [4.69, 9.17) is 4.74 Å². The highest BCUT2D eigenvalue weighted by molar-refractivity contribution is 6.10. The van der Waals surface area contributed by atoms with Crippen LogP contribution in [0.1, 0.15) is 67.3 Å². The van der Waals surface area contributed by atoms with E-state index < -0.39 is 0 Å². The van der Waals surface area contributed by atoms with E-state index in [0.29, 0.717) is 17.4 Å². The Kier molecular flexibility index (Phi) is 5.89. The van der Waals surface area contributed by atoms with Crippen LogP contribution in [0.3, 0.4) is 0 Å². The predicted molar refractivity (Wildman–Crippen MR) is 119 cm³/mol. The molecule has 2 atom stereocenters. The van der Waals surface area contributed by atoms with Crippen LogP contribution in [0.4, 0.5) is 5.69 Å². The van der Waals surface area contributed by atoms with Crippen molar-refractivity contribution in [2.75, 3.05) is 25.6 Å². The van der Waals surface area contributed by atoms with Gasteiger partial charge in [0.2, 0.25) is 0 Å². The lowest BCUT2D eigenvalue weighted by molar-refractivity contribution is 0.0601. The number of allylic oxidation sites excluding steroid dienone is 2. The van der Waals surface area contributed by atoms with Gasteiger partial charge in [-0.25, -0.2) is 4.79 Å². The Balaban J connectivity index is 1.85. The number of nitrogens with zero attached hydrogens (tertiary/aromatic N) is 2. The maximum absolute atomic E-state index is 12.2. The summed E-state index contributed by atoms with van der Waals surface area (Å²) in [5, 5.41) is 0. The first-order valence-electron chi connectivity index (χ1n) is 11.0. The van der Waals surface area contributed by atoms with Gasteiger partial charge in [0.05, 0.1) is 24.4 Å². The molecule has 0 N–H and O–H groups in total. The van der Waals surface area contributed by atoms with Gasteiger partial charge in [0.15, 0.2) is 0 Å². The van der Waals surface area contributed by atoms with E-state index in [1.807, 2.05) is 19.2 Å². The molecule has 2 aliphatic heterocycles. The molecule has 0 saturated heterocycles. The number of carbonyl (C=O) groups is 1. The van der Waals surface area contributed by atoms with Crippen molar-refractivity contribution in [2.45, 2.75) is 57.4 Å². The minimum atomic E-state index is -0.269. The van der Waals surface area contributed by atoms with E-state index in [1.165, 1.54) is 62.5 Å². The Labute approximate surface area is 174 Å². The maximum Gasteiger partial charge on any atom is 0.337 e. The molecule has 0 amide bonds. The largest absolute Gasteiger partial charge is 0.465 e. The van der Waals surface area contributed by atoms with Crippen LogP contribution in [0.15, 0.2) is 47.0 Å². The van der Waals surface area contributed by atoms with Gasteiger partial charge in [0.1, 0.15) is 0 Å². The van der Waals surface area contributed by atoms with E-state index in [0.717, 1.165) is 12.3 Å². The van der Waals surface area contributed by atoms with Gasteiger partial charge in [-0.1, -0.05) is 43.9 Å². The molecule has 0 bridgehead atoms. The van der Waals surface area contributed by atoms with E-state index >= 15 is 0 Å². The third kappa shape index (κ3) is 3.54. The van der Waals surface area contributed by atoms with Gasteiger partial charge in [0.25, 0.3) is 0 Å². The number of methoxy groups -OCH3 is 1. The van der Waals surface area contributed by atoms with Gasteiger partial charge in [-0.2, -0.15) is 0 Å². The van der Waals surface area contributed by atoms with Crippen LogP contribution in [-0.2, 0) is 4.74 Å². The van der Waals surface area contributed by atoms with Crippen molar-refractivity contribution >= 4 is 17.4 Å². The summed E-state index contributed by atoms with van der Waals surface area (Å²) in [7, 11) is 3.33. The molecule has 1 aliphatic carbocycles. The van der Waals surface area contributed by atoms with Crippen LogP contribution in [0.25, 0.3) is 0 Å². The molecule has 0 spiro atoms. The molecule has 2 unspecified atom stereocenters. The molecule has 0 aromatic heterocycles. The van der Waals surface area contributed by atoms with Crippen molar-refractivity contribution in [1.82, 2.24) is 0 Å². The van der Waals surface area contributed by atoms with Crippen LogP contribution in [0, 0.1) is 5.92 Å². The quantitative estimate of drug-likeness (QED) is 0.506. The van der Waals surface area contributed by atoms with Gasteiger partial charge in [-0.05, 0) is 55.0 Å². The number of rotatable bonds is 2. The highest BCUT2D eigenvalue weighted by Gasteiger charge is 2.45. The zero-order valence-corrected chi connectivity index (χ0v) is 17.9. The average molecular weight is 393 g/mol. The van der Waals surface area contributed by atoms with E-state index in [2.05, 4.69) is 41.1 Å². The molecule has 1 saturated carbocycles. The molecule has 1 fully saturated rings. The Morgan fingerprint density at radius 2 is 1.97 bits per heavy atom. The van der Waals surface area contributed by atoms with Crippen molar-refractivity contribution in [1.29, 1.82) is 0 Å². The van der Waals surface area contributed by atoms with Crippen molar-refractivity contribution in [3.63, 3.8) is 0 Å². The summed E-state index contributed by atoms with van der Waals surface area (Å²) in [6.07, 6.45) is 14.5. The molecular formula is C25H32N2O2. The number of hydrogen-bond donors (Lipinski definition) is 0. The summed E-state index contributed by atoms with van der Waals surface area (Å²) in [6, 6.07) is 6.45. The summed E-state index contributed by atoms with van der Waals surface area (Å²) in [5.74, 6) is 0.841. The third-order valence-corrected chi connectivity index (χ3v) is 6.95. The molecule has 4 rings (SSSR count). The molecule has 2 heterocycles. The SMILES string of the molecule is C/C=C1\C(=NC)C=CCN2c3cc(C(=O)OC)ccc3C(C3CCCCCC3)C12. The number of aliphatic imine (C=N–C) groups is 1. The van der Waals surface area contributed by atoms with Crippen LogP contribution in [0.2, 0.25) is 0 Å². The number of benzene rings is 1. The smallest absolute Gasteiger partial charge is 0.337 e. The average Bonchev–Trinajstić information content (AvgIpc) is 2.95. The van der Waals surface area contributed by atoms with Crippen molar-refractivity contribution in [3.05, 3.63) is 53.1 Å². The lowest BCUT2D eigenvalue weighted by Gasteiger charge is -2.34. The molecule has 4 nitrogen and oxygen atoms in total. The van der Waals surface area contributed by atoms with E-state index in [9.17, 15) is 4.79 Å². The fourth-order valence-electron chi connectivity index (χ4n) is 5.64. The van der Waals surface area contributed by atoms with Crippen LogP contribution < -0.4 is 4.90 Å². The standard InChI is InChI=1S/C25H32N2O2/c1-4-19-21(26-2)12-9-15-27-22-16-18(25(28)29-3)13-14-20(22)23(24(19)27)17-10-7-5-6-8-11-17/h4,9,12-14,16-17,23-24H,5-8,10-11,15H2,1-3H3/b19-4+,26-21?. The fraction of sp³-hybridized carbons (Fsp3) is 0.520. The molecule has 3 aliphatic rings. The Hall–Kier alpha value is -2.36. The number of hydrogen-bond acceptors (Lipinski definition) is 4. The summed E-state index contributed by atoms with van der Waals surface area (Å²) >= 11 is 0. The second-order valence-corrected chi connectivity index (χ2v) is 8.40. The monoisotopic (exact) mass is 392 g/mol. The van der Waals surface area contributed by atoms with Gasteiger partial charge in [0, 0.05) is 25.2 Å². The Bertz CT molecular complexity index is 860. The molecule has 1 aromatic rings. The molecule has 154 valence electrons. The predicted octanol–water partition coefficient (Wildman–Crippen LogP) is 5.30. The number of fused-ring (bicyclic) bond motifs is 3. The Morgan fingerprint density at radius 3 is 2.62 bits per heavy atom. The molecular weight excluding hydrogens is 360 g/mol. The fourth-order valence-corrected chi connectivity index (χ4v) is 5.64. The number of anilines is 1. The first-order chi connectivity index (χ1) is 14.2. The third-order valence-electron chi connectivity index (χ3n) is 6.95. The van der Waals surface area contributed by atoms with Gasteiger partial charge in [-0.15, -0.1) is 0 Å². The second-order valence-electron chi connectivity index (χ2n) is 8.40. The van der Waals surface area contributed by atoms with Crippen molar-refractivity contribution < 1.29 is 9.53 Å². The summed E-state index contributed by atoms with van der Waals surface area (Å²) in [6.45, 7) is 2.97. The normalized spacial score (nSPS) is 27.5. The van der Waals surface area contributed by atoms with Gasteiger partial charge < -0.3 is 9.64 Å². The van der Waals surface area contributed by atoms with Crippen LogP contribution in [-0.4, -0.2) is 38.4 Å². The number of ether oxygens (including phenoxy) is 1. The zero-order valence-electron chi connectivity index (χ0n) is 17.9. The summed E-state index contributed by atoms with van der Waals surface area (Å²) in [5.41, 5.74) is 5.60. The van der Waals surface area contributed by atoms with Crippen molar-refractivity contribution in [3.8, 4) is 0 Å². The zero-order chi connectivity index (χ0) is 20.4. The lowest BCUT2D eigenvalue weighted by Crippen LogP contribution is -2.39. The van der Waals surface area contributed by atoms with Crippen LogP contribution >= 0.6 is 0 Å². The van der Waals surface area contributed by atoms with Gasteiger partial charge in [-0.3, -0.25) is 4.99 Å². The lowest BCUT2D eigenvalue weighted by atomic mass is 9.75. The molecule has 0 radical (unpaired) electrons. The summed E-state index contributed by atoms with van der Waals surface area (Å²) in [4.78, 5) is 19.3. The topological polar surface area (TPSA) is 41.9 Å². The highest BCUT2D eigenvalue weighted by atomic mass is 16.5. The molecule has 29 heavy (non-hydrogen) atoms. The first-order valence-corrected chi connectivity index (χ1v) is 11.0.